The highest BCUT2D eigenvalue weighted by Crippen LogP contribution is 2.13. The van der Waals surface area contributed by atoms with Crippen LogP contribution in [0.3, 0.4) is 0 Å². The lowest BCUT2D eigenvalue weighted by molar-refractivity contribution is 0.0748. The lowest BCUT2D eigenvalue weighted by Gasteiger charge is -2.23. The van der Waals surface area contributed by atoms with Crippen LogP contribution in [-0.2, 0) is 0 Å². The average molecular weight is 249 g/mol. The van der Waals surface area contributed by atoms with Gasteiger partial charge in [0.05, 0.1) is 0 Å². The number of aromatic hydroxyl groups is 1. The van der Waals surface area contributed by atoms with Gasteiger partial charge in [-0.3, -0.25) is 4.79 Å². The van der Waals surface area contributed by atoms with E-state index in [1.165, 1.54) is 0 Å². The molecule has 1 amide bonds. The summed E-state index contributed by atoms with van der Waals surface area (Å²) in [4.78, 5) is 14.2. The first-order valence-electron chi connectivity index (χ1n) is 6.63. The van der Waals surface area contributed by atoms with E-state index in [1.54, 1.807) is 24.3 Å². The maximum absolute atomic E-state index is 12.3. The molecule has 3 heteroatoms. The van der Waals surface area contributed by atoms with Crippen LogP contribution in [0.25, 0.3) is 0 Å². The molecule has 18 heavy (non-hydrogen) atoms. The van der Waals surface area contributed by atoms with E-state index in [2.05, 4.69) is 20.8 Å². The van der Waals surface area contributed by atoms with Crippen molar-refractivity contribution in [2.45, 2.75) is 33.6 Å². The van der Waals surface area contributed by atoms with Crippen LogP contribution in [-0.4, -0.2) is 29.0 Å². The molecule has 1 aromatic rings. The third-order valence-corrected chi connectivity index (χ3v) is 2.87. The Labute approximate surface area is 109 Å². The fourth-order valence-corrected chi connectivity index (χ4v) is 1.79. The smallest absolute Gasteiger partial charge is 0.253 e. The van der Waals surface area contributed by atoms with Crippen molar-refractivity contribution < 1.29 is 9.90 Å². The molecule has 1 rings (SSSR count). The molecule has 1 N–H and O–H groups in total. The van der Waals surface area contributed by atoms with Crippen molar-refractivity contribution in [3.05, 3.63) is 29.8 Å². The molecule has 0 fully saturated rings. The molecule has 0 atom stereocenters. The Hall–Kier alpha value is -1.51. The topological polar surface area (TPSA) is 40.5 Å². The number of hydrogen-bond donors (Lipinski definition) is 1. The van der Waals surface area contributed by atoms with Gasteiger partial charge in [-0.05, 0) is 43.0 Å². The number of phenols is 1. The van der Waals surface area contributed by atoms with Crippen LogP contribution >= 0.6 is 0 Å². The van der Waals surface area contributed by atoms with Gasteiger partial charge in [-0.2, -0.15) is 0 Å². The Bertz CT molecular complexity index is 371. The van der Waals surface area contributed by atoms with Gasteiger partial charge in [-0.15, -0.1) is 0 Å². The standard InChI is InChI=1S/C15H23NO2/c1-4-10-16(11-9-12(2)3)15(18)13-5-7-14(17)8-6-13/h5-8,12,17H,4,9-11H2,1-3H3. The second-order valence-corrected chi connectivity index (χ2v) is 5.02. The summed E-state index contributed by atoms with van der Waals surface area (Å²) in [5, 5.41) is 9.23. The van der Waals surface area contributed by atoms with E-state index in [1.807, 2.05) is 4.90 Å². The third-order valence-electron chi connectivity index (χ3n) is 2.87. The Morgan fingerprint density at radius 3 is 2.33 bits per heavy atom. The van der Waals surface area contributed by atoms with Crippen LogP contribution < -0.4 is 0 Å². The summed E-state index contributed by atoms with van der Waals surface area (Å²) in [7, 11) is 0. The van der Waals surface area contributed by atoms with Crippen LogP contribution in [0.1, 0.15) is 44.0 Å². The fraction of sp³-hybridized carbons (Fsp3) is 0.533. The Morgan fingerprint density at radius 2 is 1.83 bits per heavy atom. The van der Waals surface area contributed by atoms with E-state index >= 15 is 0 Å². The first-order chi connectivity index (χ1) is 8.54. The molecule has 0 aromatic heterocycles. The van der Waals surface area contributed by atoms with Crippen LogP contribution in [0.4, 0.5) is 0 Å². The number of carbonyl (C=O) groups excluding carboxylic acids is 1. The molecule has 0 heterocycles. The summed E-state index contributed by atoms with van der Waals surface area (Å²) in [5.74, 6) is 0.838. The van der Waals surface area contributed by atoms with E-state index in [9.17, 15) is 9.90 Å². The number of benzene rings is 1. The quantitative estimate of drug-likeness (QED) is 0.840. The van der Waals surface area contributed by atoms with Crippen molar-refractivity contribution in [3.63, 3.8) is 0 Å². The van der Waals surface area contributed by atoms with Gasteiger partial charge in [0.1, 0.15) is 5.75 Å². The lowest BCUT2D eigenvalue weighted by Crippen LogP contribution is -2.33. The highest BCUT2D eigenvalue weighted by Gasteiger charge is 2.14. The van der Waals surface area contributed by atoms with Crippen LogP contribution in [0, 0.1) is 5.92 Å². The third kappa shape index (κ3) is 4.40. The molecule has 3 nitrogen and oxygen atoms in total. The van der Waals surface area contributed by atoms with E-state index < -0.39 is 0 Å². The molecular weight excluding hydrogens is 226 g/mol. The van der Waals surface area contributed by atoms with Crippen LogP contribution in [0.15, 0.2) is 24.3 Å². The minimum absolute atomic E-state index is 0.0532. The molecular formula is C15H23NO2. The average Bonchev–Trinajstić information content (AvgIpc) is 2.34. The Kier molecular flexibility index (Phi) is 5.69. The van der Waals surface area contributed by atoms with Gasteiger partial charge in [0.15, 0.2) is 0 Å². The molecule has 100 valence electrons. The summed E-state index contributed by atoms with van der Waals surface area (Å²) in [6.45, 7) is 7.98. The van der Waals surface area contributed by atoms with Crippen molar-refractivity contribution in [2.75, 3.05) is 13.1 Å². The van der Waals surface area contributed by atoms with Crippen LogP contribution in [0.2, 0.25) is 0 Å². The first kappa shape index (κ1) is 14.6. The van der Waals surface area contributed by atoms with Gasteiger partial charge in [-0.25, -0.2) is 0 Å². The van der Waals surface area contributed by atoms with Crippen molar-refractivity contribution in [1.82, 2.24) is 4.90 Å². The number of phenolic OH excluding ortho intramolecular Hbond substituents is 1. The van der Waals surface area contributed by atoms with Gasteiger partial charge < -0.3 is 10.0 Å². The van der Waals surface area contributed by atoms with Crippen molar-refractivity contribution in [3.8, 4) is 5.75 Å². The second-order valence-electron chi connectivity index (χ2n) is 5.02. The summed E-state index contributed by atoms with van der Waals surface area (Å²) in [6, 6.07) is 6.46. The summed E-state index contributed by atoms with van der Waals surface area (Å²) in [6.07, 6.45) is 1.98. The minimum Gasteiger partial charge on any atom is -0.508 e. The molecule has 0 aliphatic carbocycles. The minimum atomic E-state index is 0.0532. The number of nitrogens with zero attached hydrogens (tertiary/aromatic N) is 1. The largest absolute Gasteiger partial charge is 0.508 e. The van der Waals surface area contributed by atoms with Gasteiger partial charge in [-0.1, -0.05) is 20.8 Å². The second kappa shape index (κ2) is 7.04. The van der Waals surface area contributed by atoms with Crippen LogP contribution in [0.5, 0.6) is 5.75 Å². The lowest BCUT2D eigenvalue weighted by atomic mass is 10.1. The van der Waals surface area contributed by atoms with E-state index in [0.29, 0.717) is 11.5 Å². The molecule has 0 radical (unpaired) electrons. The SMILES string of the molecule is CCCN(CCC(C)C)C(=O)c1ccc(O)cc1. The van der Waals surface area contributed by atoms with E-state index in [4.69, 9.17) is 0 Å². The molecule has 0 bridgehead atoms. The Morgan fingerprint density at radius 1 is 1.22 bits per heavy atom. The molecule has 0 unspecified atom stereocenters. The first-order valence-corrected chi connectivity index (χ1v) is 6.63. The summed E-state index contributed by atoms with van der Waals surface area (Å²) in [5.41, 5.74) is 0.644. The fourth-order valence-electron chi connectivity index (χ4n) is 1.79. The zero-order valence-corrected chi connectivity index (χ0v) is 11.5. The molecule has 0 aliphatic heterocycles. The molecule has 1 aromatic carbocycles. The number of amides is 1. The number of rotatable bonds is 6. The summed E-state index contributed by atoms with van der Waals surface area (Å²) >= 11 is 0. The van der Waals surface area contributed by atoms with Gasteiger partial charge in [0.25, 0.3) is 5.91 Å². The zero-order chi connectivity index (χ0) is 13.5. The van der Waals surface area contributed by atoms with Gasteiger partial charge in [0, 0.05) is 18.7 Å². The molecule has 0 saturated carbocycles. The van der Waals surface area contributed by atoms with Gasteiger partial charge >= 0.3 is 0 Å². The Balaban J connectivity index is 2.72. The van der Waals surface area contributed by atoms with Gasteiger partial charge in [0.2, 0.25) is 0 Å². The molecule has 0 aliphatic rings. The van der Waals surface area contributed by atoms with Crippen molar-refractivity contribution in [1.29, 1.82) is 0 Å². The normalized spacial score (nSPS) is 10.7. The highest BCUT2D eigenvalue weighted by atomic mass is 16.3. The summed E-state index contributed by atoms with van der Waals surface area (Å²) < 4.78 is 0. The van der Waals surface area contributed by atoms with Crippen molar-refractivity contribution in [2.24, 2.45) is 5.92 Å². The number of carbonyl (C=O) groups is 1. The van der Waals surface area contributed by atoms with E-state index in [-0.39, 0.29) is 11.7 Å². The monoisotopic (exact) mass is 249 g/mol. The molecule has 0 spiro atoms. The maximum Gasteiger partial charge on any atom is 0.253 e. The maximum atomic E-state index is 12.3. The van der Waals surface area contributed by atoms with E-state index in [0.717, 1.165) is 25.9 Å². The zero-order valence-electron chi connectivity index (χ0n) is 11.5. The molecule has 0 saturated heterocycles. The predicted molar refractivity (Wildman–Crippen MR) is 73.8 cm³/mol. The number of hydrogen-bond acceptors (Lipinski definition) is 2. The van der Waals surface area contributed by atoms with Crippen molar-refractivity contribution >= 4 is 5.91 Å². The highest BCUT2D eigenvalue weighted by molar-refractivity contribution is 5.94. The predicted octanol–water partition coefficient (Wildman–Crippen LogP) is 3.29.